The van der Waals surface area contributed by atoms with Crippen LogP contribution in [-0.2, 0) is 20.9 Å². The number of amides is 3. The van der Waals surface area contributed by atoms with Crippen LogP contribution in [0, 0.1) is 17.2 Å². The van der Waals surface area contributed by atoms with Gasteiger partial charge in [-0.2, -0.15) is 5.26 Å². The van der Waals surface area contributed by atoms with Crippen LogP contribution in [0.15, 0.2) is 60.7 Å². The third kappa shape index (κ3) is 9.74. The summed E-state index contributed by atoms with van der Waals surface area (Å²) in [5, 5.41) is 16.9. The van der Waals surface area contributed by atoms with Crippen molar-refractivity contribution < 1.29 is 23.9 Å². The number of para-hydroxylation sites is 1. The van der Waals surface area contributed by atoms with Gasteiger partial charge in [-0.05, 0) is 30.0 Å². The Labute approximate surface area is 193 Å². The zero-order chi connectivity index (χ0) is 24.1. The monoisotopic (exact) mass is 452 g/mol. The van der Waals surface area contributed by atoms with Crippen LogP contribution >= 0.6 is 0 Å². The lowest BCUT2D eigenvalue weighted by atomic mass is 10.0. The van der Waals surface area contributed by atoms with Crippen LogP contribution in [0.1, 0.15) is 25.8 Å². The Morgan fingerprint density at radius 3 is 2.15 bits per heavy atom. The van der Waals surface area contributed by atoms with Crippen molar-refractivity contribution >= 4 is 23.8 Å². The minimum Gasteiger partial charge on any atom is -0.446 e. The molecule has 0 bridgehead atoms. The molecule has 9 heteroatoms. The highest BCUT2D eigenvalue weighted by Gasteiger charge is 2.25. The van der Waals surface area contributed by atoms with Gasteiger partial charge in [-0.25, -0.2) is 9.59 Å². The number of hydrogen-bond acceptors (Lipinski definition) is 6. The lowest BCUT2D eigenvalue weighted by Crippen LogP contribution is -2.51. The highest BCUT2D eigenvalue weighted by atomic mass is 16.6. The average molecular weight is 453 g/mol. The molecular formula is C24H28N4O5. The Kier molecular flexibility index (Phi) is 10.2. The Bertz CT molecular complexity index is 944. The van der Waals surface area contributed by atoms with Crippen LogP contribution in [0.25, 0.3) is 0 Å². The van der Waals surface area contributed by atoms with E-state index >= 15 is 0 Å². The van der Waals surface area contributed by atoms with Gasteiger partial charge in [0, 0.05) is 5.69 Å². The van der Waals surface area contributed by atoms with E-state index in [1.807, 2.05) is 50.2 Å². The van der Waals surface area contributed by atoms with Gasteiger partial charge in [-0.15, -0.1) is 0 Å². The van der Waals surface area contributed by atoms with Crippen LogP contribution in [0.5, 0.6) is 0 Å². The van der Waals surface area contributed by atoms with E-state index in [1.54, 1.807) is 30.3 Å². The van der Waals surface area contributed by atoms with Gasteiger partial charge in [0.15, 0.2) is 6.04 Å². The smallest absolute Gasteiger partial charge is 0.411 e. The molecule has 174 valence electrons. The van der Waals surface area contributed by atoms with Crippen molar-refractivity contribution in [2.45, 2.75) is 39.0 Å². The van der Waals surface area contributed by atoms with Gasteiger partial charge in [0.1, 0.15) is 19.3 Å². The summed E-state index contributed by atoms with van der Waals surface area (Å²) in [7, 11) is 0. The maximum Gasteiger partial charge on any atom is 0.411 e. The summed E-state index contributed by atoms with van der Waals surface area (Å²) < 4.78 is 10.2. The van der Waals surface area contributed by atoms with Gasteiger partial charge in [-0.3, -0.25) is 10.1 Å². The van der Waals surface area contributed by atoms with Crippen molar-refractivity contribution in [1.29, 1.82) is 5.26 Å². The first-order chi connectivity index (χ1) is 15.9. The van der Waals surface area contributed by atoms with E-state index < -0.39 is 30.2 Å². The second-order valence-electron chi connectivity index (χ2n) is 7.67. The molecule has 3 N–H and O–H groups in total. The molecule has 0 spiro atoms. The van der Waals surface area contributed by atoms with Crippen molar-refractivity contribution in [3.05, 3.63) is 66.2 Å². The summed E-state index contributed by atoms with van der Waals surface area (Å²) in [6.07, 6.45) is -1.16. The summed E-state index contributed by atoms with van der Waals surface area (Å²) in [6, 6.07) is 17.7. The number of nitrogens with one attached hydrogen (secondary N) is 3. The topological polar surface area (TPSA) is 130 Å². The molecule has 0 radical (unpaired) electrons. The molecule has 9 nitrogen and oxygen atoms in total. The number of nitrogens with zero attached hydrogens (tertiary/aromatic N) is 1. The van der Waals surface area contributed by atoms with E-state index in [0.717, 1.165) is 5.56 Å². The third-order valence-corrected chi connectivity index (χ3v) is 4.40. The fraction of sp³-hybridized carbons (Fsp3) is 0.333. The molecule has 0 aliphatic rings. The van der Waals surface area contributed by atoms with Crippen molar-refractivity contribution in [3.8, 4) is 6.07 Å². The SMILES string of the molecule is CC(C)C[C@H](NC(=O)OCc1ccccc1)C(=O)N[C@H](C#N)COC(=O)Nc1ccccc1. The minimum absolute atomic E-state index is 0.0634. The lowest BCUT2D eigenvalue weighted by molar-refractivity contribution is -0.124. The first kappa shape index (κ1) is 25.2. The lowest BCUT2D eigenvalue weighted by Gasteiger charge is -2.21. The molecule has 0 fully saturated rings. The number of alkyl carbamates (subject to hydrolysis) is 1. The standard InChI is InChI=1S/C24H28N4O5/c1-17(2)13-21(28-24(31)32-15-18-9-5-3-6-10-18)22(29)26-20(14-25)16-33-23(30)27-19-11-7-4-8-12-19/h3-12,17,20-21H,13,15-16H2,1-2H3,(H,26,29)(H,27,30)(H,28,31)/t20-,21+/m1/s1. The van der Waals surface area contributed by atoms with E-state index in [4.69, 9.17) is 9.47 Å². The minimum atomic E-state index is -1.09. The number of carbonyl (C=O) groups is 3. The normalized spacial score (nSPS) is 12.1. The van der Waals surface area contributed by atoms with E-state index in [1.165, 1.54) is 0 Å². The van der Waals surface area contributed by atoms with Gasteiger partial charge in [0.25, 0.3) is 0 Å². The average Bonchev–Trinajstić information content (AvgIpc) is 2.81. The Balaban J connectivity index is 1.85. The molecule has 2 rings (SSSR count). The van der Waals surface area contributed by atoms with Crippen LogP contribution in [0.4, 0.5) is 15.3 Å². The second kappa shape index (κ2) is 13.4. The molecule has 0 saturated carbocycles. The van der Waals surface area contributed by atoms with Gasteiger partial charge in [0.05, 0.1) is 6.07 Å². The zero-order valence-electron chi connectivity index (χ0n) is 18.6. The van der Waals surface area contributed by atoms with E-state index in [-0.39, 0.29) is 19.1 Å². The predicted molar refractivity (Wildman–Crippen MR) is 122 cm³/mol. The maximum absolute atomic E-state index is 12.7. The van der Waals surface area contributed by atoms with Crippen molar-refractivity contribution in [2.75, 3.05) is 11.9 Å². The second-order valence-corrected chi connectivity index (χ2v) is 7.67. The van der Waals surface area contributed by atoms with Gasteiger partial charge >= 0.3 is 12.2 Å². The molecule has 3 amide bonds. The molecule has 2 aromatic carbocycles. The molecule has 0 unspecified atom stereocenters. The van der Waals surface area contributed by atoms with Crippen molar-refractivity contribution in [3.63, 3.8) is 0 Å². The summed E-state index contributed by atoms with van der Waals surface area (Å²) in [5.74, 6) is -0.484. The molecule has 0 saturated heterocycles. The molecule has 0 heterocycles. The van der Waals surface area contributed by atoms with Gasteiger partial charge in [-0.1, -0.05) is 62.4 Å². The molecule has 2 atom stereocenters. The molecule has 2 aromatic rings. The number of anilines is 1. The highest BCUT2D eigenvalue weighted by molar-refractivity contribution is 5.86. The number of ether oxygens (including phenoxy) is 2. The third-order valence-electron chi connectivity index (χ3n) is 4.40. The number of nitriles is 1. The maximum atomic E-state index is 12.7. The fourth-order valence-electron chi connectivity index (χ4n) is 2.83. The summed E-state index contributed by atoms with van der Waals surface area (Å²) in [6.45, 7) is 3.51. The largest absolute Gasteiger partial charge is 0.446 e. The summed E-state index contributed by atoms with van der Waals surface area (Å²) in [5.41, 5.74) is 1.35. The summed E-state index contributed by atoms with van der Waals surface area (Å²) in [4.78, 5) is 36.8. The number of benzene rings is 2. The van der Waals surface area contributed by atoms with E-state index in [2.05, 4.69) is 16.0 Å². The van der Waals surface area contributed by atoms with Gasteiger partial charge < -0.3 is 20.1 Å². The van der Waals surface area contributed by atoms with Crippen LogP contribution in [0.3, 0.4) is 0 Å². The number of hydrogen-bond donors (Lipinski definition) is 3. The zero-order valence-corrected chi connectivity index (χ0v) is 18.6. The quantitative estimate of drug-likeness (QED) is 0.505. The van der Waals surface area contributed by atoms with Gasteiger partial charge in [0.2, 0.25) is 5.91 Å². The Morgan fingerprint density at radius 2 is 1.55 bits per heavy atom. The molecular weight excluding hydrogens is 424 g/mol. The van der Waals surface area contributed by atoms with E-state index in [0.29, 0.717) is 12.1 Å². The fourth-order valence-corrected chi connectivity index (χ4v) is 2.83. The Morgan fingerprint density at radius 1 is 0.909 bits per heavy atom. The molecule has 0 aliphatic carbocycles. The molecule has 0 aliphatic heterocycles. The van der Waals surface area contributed by atoms with Crippen LogP contribution in [0.2, 0.25) is 0 Å². The van der Waals surface area contributed by atoms with Crippen LogP contribution in [-0.4, -0.2) is 36.8 Å². The first-order valence-electron chi connectivity index (χ1n) is 10.5. The predicted octanol–water partition coefficient (Wildman–Crippen LogP) is 3.58. The summed E-state index contributed by atoms with van der Waals surface area (Å²) >= 11 is 0. The highest BCUT2D eigenvalue weighted by Crippen LogP contribution is 2.08. The number of rotatable bonds is 10. The van der Waals surface area contributed by atoms with Crippen molar-refractivity contribution in [1.82, 2.24) is 10.6 Å². The van der Waals surface area contributed by atoms with Crippen molar-refractivity contribution in [2.24, 2.45) is 5.92 Å². The Hall–Kier alpha value is -4.06. The number of carbonyl (C=O) groups excluding carboxylic acids is 3. The molecule has 33 heavy (non-hydrogen) atoms. The molecule has 0 aromatic heterocycles. The first-order valence-corrected chi connectivity index (χ1v) is 10.5. The van der Waals surface area contributed by atoms with E-state index in [9.17, 15) is 19.6 Å². The van der Waals surface area contributed by atoms with Crippen LogP contribution < -0.4 is 16.0 Å².